The molecule has 2 N–H and O–H groups in total. The lowest BCUT2D eigenvalue weighted by Gasteiger charge is -2.28. The highest BCUT2D eigenvalue weighted by Crippen LogP contribution is 2.32. The first-order chi connectivity index (χ1) is 8.75. The lowest BCUT2D eigenvalue weighted by molar-refractivity contribution is -0.128. The molecule has 0 bridgehead atoms. The first-order valence-corrected chi connectivity index (χ1v) is 7.50. The molecule has 0 radical (unpaired) electrons. The van der Waals surface area contributed by atoms with Gasteiger partial charge >= 0.3 is 0 Å². The lowest BCUT2D eigenvalue weighted by Crippen LogP contribution is -2.48. The molecular formula is C14H25N3O. The van der Waals surface area contributed by atoms with Crippen LogP contribution in [0, 0.1) is 5.92 Å². The Balaban J connectivity index is 1.59. The van der Waals surface area contributed by atoms with Crippen molar-refractivity contribution in [1.82, 2.24) is 15.5 Å². The van der Waals surface area contributed by atoms with Crippen molar-refractivity contribution in [3.63, 3.8) is 0 Å². The minimum absolute atomic E-state index is 0.0852. The van der Waals surface area contributed by atoms with Crippen LogP contribution in [-0.2, 0) is 4.79 Å². The fourth-order valence-electron chi connectivity index (χ4n) is 3.99. The van der Waals surface area contributed by atoms with Gasteiger partial charge in [0, 0.05) is 25.7 Å². The number of nitrogens with one attached hydrogen (secondary N) is 2. The zero-order valence-corrected chi connectivity index (χ0v) is 11.3. The van der Waals surface area contributed by atoms with Gasteiger partial charge in [-0.3, -0.25) is 4.79 Å². The van der Waals surface area contributed by atoms with Crippen LogP contribution >= 0.6 is 0 Å². The monoisotopic (exact) mass is 251 g/mol. The van der Waals surface area contributed by atoms with Gasteiger partial charge in [0.15, 0.2) is 0 Å². The molecule has 4 heteroatoms. The van der Waals surface area contributed by atoms with Gasteiger partial charge in [0.05, 0.1) is 6.04 Å². The maximum Gasteiger partial charge on any atom is 0.239 e. The highest BCUT2D eigenvalue weighted by Gasteiger charge is 2.38. The van der Waals surface area contributed by atoms with E-state index < -0.39 is 0 Å². The Morgan fingerprint density at radius 2 is 2.11 bits per heavy atom. The second-order valence-electron chi connectivity index (χ2n) is 6.17. The summed E-state index contributed by atoms with van der Waals surface area (Å²) in [7, 11) is 1.91. The third-order valence-electron chi connectivity index (χ3n) is 5.03. The van der Waals surface area contributed by atoms with Gasteiger partial charge in [0.1, 0.15) is 0 Å². The molecule has 3 fully saturated rings. The van der Waals surface area contributed by atoms with E-state index in [1.54, 1.807) is 0 Å². The molecule has 0 aromatic rings. The van der Waals surface area contributed by atoms with Gasteiger partial charge in [0.25, 0.3) is 0 Å². The highest BCUT2D eigenvalue weighted by atomic mass is 16.2. The van der Waals surface area contributed by atoms with E-state index in [9.17, 15) is 4.79 Å². The molecule has 18 heavy (non-hydrogen) atoms. The molecule has 1 amide bonds. The molecule has 2 saturated heterocycles. The van der Waals surface area contributed by atoms with Gasteiger partial charge in [-0.2, -0.15) is 0 Å². The fourth-order valence-corrected chi connectivity index (χ4v) is 3.99. The average molecular weight is 251 g/mol. The number of amides is 1. The van der Waals surface area contributed by atoms with Gasteiger partial charge < -0.3 is 15.5 Å². The quantitative estimate of drug-likeness (QED) is 0.777. The second kappa shape index (κ2) is 5.17. The van der Waals surface area contributed by atoms with Crippen molar-refractivity contribution in [1.29, 1.82) is 0 Å². The third-order valence-corrected chi connectivity index (χ3v) is 5.03. The van der Waals surface area contributed by atoms with Crippen molar-refractivity contribution in [3.05, 3.63) is 0 Å². The zero-order valence-electron chi connectivity index (χ0n) is 11.3. The summed E-state index contributed by atoms with van der Waals surface area (Å²) in [5.41, 5.74) is 0. The Kier molecular flexibility index (Phi) is 3.57. The Bertz CT molecular complexity index is 314. The topological polar surface area (TPSA) is 44.4 Å². The Morgan fingerprint density at radius 3 is 2.78 bits per heavy atom. The van der Waals surface area contributed by atoms with Crippen LogP contribution < -0.4 is 10.6 Å². The SMILES string of the molecule is CN1CCC(NC2CCCC2C2CCCN2)C1=O. The van der Waals surface area contributed by atoms with Crippen LogP contribution in [0.15, 0.2) is 0 Å². The molecule has 102 valence electrons. The summed E-state index contributed by atoms with van der Waals surface area (Å²) >= 11 is 0. The lowest BCUT2D eigenvalue weighted by atomic mass is 9.92. The number of likely N-dealkylation sites (N-methyl/N-ethyl adjacent to an activating group) is 1. The number of rotatable bonds is 3. The Labute approximate surface area is 109 Å². The molecule has 2 aliphatic heterocycles. The van der Waals surface area contributed by atoms with E-state index >= 15 is 0 Å². The Hall–Kier alpha value is -0.610. The van der Waals surface area contributed by atoms with Crippen molar-refractivity contribution in [2.24, 2.45) is 5.92 Å². The molecule has 0 spiro atoms. The molecule has 4 unspecified atom stereocenters. The summed E-state index contributed by atoms with van der Waals surface area (Å²) in [4.78, 5) is 13.8. The number of nitrogens with zero attached hydrogens (tertiary/aromatic N) is 1. The largest absolute Gasteiger partial charge is 0.344 e. The molecular weight excluding hydrogens is 226 g/mol. The van der Waals surface area contributed by atoms with Crippen LogP contribution in [-0.4, -0.2) is 49.1 Å². The van der Waals surface area contributed by atoms with Crippen LogP contribution in [0.3, 0.4) is 0 Å². The Morgan fingerprint density at radius 1 is 1.22 bits per heavy atom. The summed E-state index contributed by atoms with van der Waals surface area (Å²) in [6.07, 6.45) is 7.51. The molecule has 1 saturated carbocycles. The van der Waals surface area contributed by atoms with Crippen LogP contribution in [0.4, 0.5) is 0 Å². The van der Waals surface area contributed by atoms with Crippen LogP contribution in [0.1, 0.15) is 38.5 Å². The fraction of sp³-hybridized carbons (Fsp3) is 0.929. The van der Waals surface area contributed by atoms with Crippen molar-refractivity contribution in [2.45, 2.75) is 56.7 Å². The summed E-state index contributed by atoms with van der Waals surface area (Å²) in [6, 6.07) is 1.34. The minimum atomic E-state index is 0.0852. The van der Waals surface area contributed by atoms with Crippen molar-refractivity contribution >= 4 is 5.91 Å². The van der Waals surface area contributed by atoms with E-state index in [0.29, 0.717) is 18.0 Å². The number of hydrogen-bond acceptors (Lipinski definition) is 3. The summed E-state index contributed by atoms with van der Waals surface area (Å²) < 4.78 is 0. The summed E-state index contributed by atoms with van der Waals surface area (Å²) in [5.74, 6) is 1.03. The van der Waals surface area contributed by atoms with E-state index in [2.05, 4.69) is 10.6 Å². The number of hydrogen-bond donors (Lipinski definition) is 2. The molecule has 1 aliphatic carbocycles. The molecule has 3 rings (SSSR count). The third kappa shape index (κ3) is 2.28. The van der Waals surface area contributed by atoms with E-state index in [1.807, 2.05) is 11.9 Å². The first kappa shape index (κ1) is 12.4. The van der Waals surface area contributed by atoms with Crippen molar-refractivity contribution in [3.8, 4) is 0 Å². The van der Waals surface area contributed by atoms with Gasteiger partial charge in [-0.25, -0.2) is 0 Å². The van der Waals surface area contributed by atoms with Gasteiger partial charge in [-0.05, 0) is 44.6 Å². The van der Waals surface area contributed by atoms with E-state index in [4.69, 9.17) is 0 Å². The molecule has 0 aromatic heterocycles. The van der Waals surface area contributed by atoms with Gasteiger partial charge in [0.2, 0.25) is 5.91 Å². The molecule has 4 nitrogen and oxygen atoms in total. The highest BCUT2D eigenvalue weighted by molar-refractivity contribution is 5.83. The minimum Gasteiger partial charge on any atom is -0.344 e. The number of likely N-dealkylation sites (tertiary alicyclic amines) is 1. The second-order valence-corrected chi connectivity index (χ2v) is 6.17. The van der Waals surface area contributed by atoms with Gasteiger partial charge in [-0.1, -0.05) is 6.42 Å². The number of carbonyl (C=O) groups excluding carboxylic acids is 1. The smallest absolute Gasteiger partial charge is 0.239 e. The van der Waals surface area contributed by atoms with Crippen LogP contribution in [0.25, 0.3) is 0 Å². The van der Waals surface area contributed by atoms with Crippen molar-refractivity contribution < 1.29 is 4.79 Å². The molecule has 3 aliphatic rings. The first-order valence-electron chi connectivity index (χ1n) is 7.50. The van der Waals surface area contributed by atoms with E-state index in [-0.39, 0.29) is 6.04 Å². The normalized spacial score (nSPS) is 40.9. The molecule has 4 atom stereocenters. The van der Waals surface area contributed by atoms with Crippen molar-refractivity contribution in [2.75, 3.05) is 20.1 Å². The van der Waals surface area contributed by atoms with Crippen LogP contribution in [0.5, 0.6) is 0 Å². The maximum absolute atomic E-state index is 12.0. The van der Waals surface area contributed by atoms with E-state index in [0.717, 1.165) is 18.9 Å². The number of carbonyl (C=O) groups is 1. The molecule has 0 aromatic carbocycles. The molecule has 2 heterocycles. The zero-order chi connectivity index (χ0) is 12.5. The summed E-state index contributed by atoms with van der Waals surface area (Å²) in [5, 5.41) is 7.29. The van der Waals surface area contributed by atoms with E-state index in [1.165, 1.54) is 38.6 Å². The standard InChI is InChI=1S/C14H25N3O/c1-17-9-7-13(14(17)18)16-12-5-2-4-10(12)11-6-3-8-15-11/h10-13,15-16H,2-9H2,1H3. The average Bonchev–Trinajstić information content (AvgIpc) is 3.06. The van der Waals surface area contributed by atoms with Crippen LogP contribution in [0.2, 0.25) is 0 Å². The maximum atomic E-state index is 12.0. The summed E-state index contributed by atoms with van der Waals surface area (Å²) in [6.45, 7) is 2.09. The predicted molar refractivity (Wildman–Crippen MR) is 71.3 cm³/mol. The van der Waals surface area contributed by atoms with Gasteiger partial charge in [-0.15, -0.1) is 0 Å². The predicted octanol–water partition coefficient (Wildman–Crippen LogP) is 0.727.